The Bertz CT molecular complexity index is 439. The molecule has 0 heterocycles. The molecule has 0 spiro atoms. The van der Waals surface area contributed by atoms with Gasteiger partial charge in [0.2, 0.25) is 0 Å². The van der Waals surface area contributed by atoms with Gasteiger partial charge < -0.3 is 14.5 Å². The summed E-state index contributed by atoms with van der Waals surface area (Å²) >= 11 is 0. The molecule has 0 aromatic heterocycles. The third kappa shape index (κ3) is 3.82. The fraction of sp³-hybridized carbons (Fsp3) is 0. The lowest BCUT2D eigenvalue weighted by molar-refractivity contribution is 0.199. The quantitative estimate of drug-likeness (QED) is 0.671. The van der Waals surface area contributed by atoms with Gasteiger partial charge in [0.25, 0.3) is 0 Å². The number of hydrogen-bond acceptors (Lipinski definition) is 4. The Balaban J connectivity index is 2.56. The largest absolute Gasteiger partial charge is 0.419 e. The molecule has 0 fully saturated rings. The van der Waals surface area contributed by atoms with Gasteiger partial charge in [0.15, 0.2) is 0 Å². The molecule has 0 aliphatic heterocycles. The van der Waals surface area contributed by atoms with E-state index < -0.39 is 19.3 Å². The summed E-state index contributed by atoms with van der Waals surface area (Å²) in [4.78, 5) is 38.4. The number of hydrogen-bond donors (Lipinski definition) is 3. The molecule has 7 nitrogen and oxygen atoms in total. The summed E-state index contributed by atoms with van der Waals surface area (Å²) in [5, 5.41) is 1.41. The van der Waals surface area contributed by atoms with Gasteiger partial charge in [-0.25, -0.2) is 9.36 Å². The number of imide groups is 1. The van der Waals surface area contributed by atoms with E-state index in [0.717, 1.165) is 0 Å². The van der Waals surface area contributed by atoms with Crippen LogP contribution in [0.1, 0.15) is 0 Å². The standard InChI is InChI=1S/C8H8NO6P/c10-7(9-8(11)16(12,13)14)15-6-4-2-1-3-5-6/h1-5H,(H,9,10,11)(H2,12,13,14). The van der Waals surface area contributed by atoms with Crippen molar-refractivity contribution in [2.45, 2.75) is 0 Å². The predicted molar refractivity (Wildman–Crippen MR) is 53.0 cm³/mol. The van der Waals surface area contributed by atoms with Gasteiger partial charge in [-0.05, 0) is 12.1 Å². The molecular formula is C8H8NO6P. The normalized spacial score (nSPS) is 10.6. The fourth-order valence-electron chi connectivity index (χ4n) is 0.781. The number of para-hydroxylation sites is 1. The lowest BCUT2D eigenvalue weighted by Crippen LogP contribution is -2.31. The van der Waals surface area contributed by atoms with Crippen LogP contribution in [-0.4, -0.2) is 21.5 Å². The summed E-state index contributed by atoms with van der Waals surface area (Å²) in [7, 11) is -4.97. The van der Waals surface area contributed by atoms with Crippen LogP contribution in [0.2, 0.25) is 0 Å². The predicted octanol–water partition coefficient (Wildman–Crippen LogP) is 1.07. The number of nitrogens with one attached hydrogen (secondary N) is 1. The maximum Gasteiger partial charge on any atom is 0.419 e. The highest BCUT2D eigenvalue weighted by atomic mass is 31.2. The number of benzene rings is 1. The van der Waals surface area contributed by atoms with E-state index in [-0.39, 0.29) is 5.75 Å². The zero-order valence-electron chi connectivity index (χ0n) is 7.86. The van der Waals surface area contributed by atoms with Crippen LogP contribution < -0.4 is 10.1 Å². The second-order valence-corrected chi connectivity index (χ2v) is 4.17. The van der Waals surface area contributed by atoms with E-state index in [1.165, 1.54) is 17.4 Å². The monoisotopic (exact) mass is 245 g/mol. The van der Waals surface area contributed by atoms with Gasteiger partial charge >= 0.3 is 19.3 Å². The van der Waals surface area contributed by atoms with Crippen molar-refractivity contribution >= 4 is 19.3 Å². The minimum absolute atomic E-state index is 0.151. The maximum absolute atomic E-state index is 11.0. The number of carbonyl (C=O) groups excluding carboxylic acids is 2. The first-order chi connectivity index (χ1) is 7.39. The Morgan fingerprint density at radius 3 is 2.25 bits per heavy atom. The zero-order valence-corrected chi connectivity index (χ0v) is 8.76. The number of carbonyl (C=O) groups is 2. The second-order valence-electron chi connectivity index (χ2n) is 2.68. The van der Waals surface area contributed by atoms with Crippen LogP contribution in [0.5, 0.6) is 5.75 Å². The highest BCUT2D eigenvalue weighted by Crippen LogP contribution is 2.34. The molecule has 86 valence electrons. The van der Waals surface area contributed by atoms with E-state index in [1.54, 1.807) is 18.2 Å². The Hall–Kier alpha value is -1.69. The average molecular weight is 245 g/mol. The van der Waals surface area contributed by atoms with Gasteiger partial charge in [-0.3, -0.25) is 10.1 Å². The molecule has 0 saturated carbocycles. The molecule has 0 aliphatic rings. The van der Waals surface area contributed by atoms with Gasteiger partial charge in [-0.1, -0.05) is 18.2 Å². The highest BCUT2D eigenvalue weighted by molar-refractivity contribution is 7.70. The van der Waals surface area contributed by atoms with Crippen LogP contribution in [0.4, 0.5) is 9.59 Å². The molecule has 0 saturated heterocycles. The van der Waals surface area contributed by atoms with Crippen LogP contribution >= 0.6 is 7.60 Å². The van der Waals surface area contributed by atoms with Gasteiger partial charge in [-0.15, -0.1) is 0 Å². The summed E-state index contributed by atoms with van der Waals surface area (Å²) in [5.74, 6) is 0.151. The van der Waals surface area contributed by atoms with Crippen molar-refractivity contribution in [3.05, 3.63) is 30.3 Å². The van der Waals surface area contributed by atoms with Crippen LogP contribution in [0.15, 0.2) is 30.3 Å². The summed E-state index contributed by atoms with van der Waals surface area (Å²) in [6.45, 7) is 0. The Morgan fingerprint density at radius 2 is 1.75 bits per heavy atom. The maximum atomic E-state index is 11.0. The third-order valence-electron chi connectivity index (χ3n) is 1.43. The van der Waals surface area contributed by atoms with Crippen molar-refractivity contribution in [1.29, 1.82) is 0 Å². The molecular weight excluding hydrogens is 237 g/mol. The van der Waals surface area contributed by atoms with Crippen LogP contribution in [0.3, 0.4) is 0 Å². The van der Waals surface area contributed by atoms with Crippen molar-refractivity contribution in [3.63, 3.8) is 0 Å². The van der Waals surface area contributed by atoms with Crippen molar-refractivity contribution in [2.75, 3.05) is 0 Å². The number of rotatable bonds is 2. The van der Waals surface area contributed by atoms with Crippen molar-refractivity contribution in [2.24, 2.45) is 0 Å². The number of amides is 2. The van der Waals surface area contributed by atoms with Gasteiger partial charge in [-0.2, -0.15) is 0 Å². The third-order valence-corrected chi connectivity index (χ3v) is 2.07. The molecule has 0 radical (unpaired) electrons. The molecule has 0 aliphatic carbocycles. The molecule has 8 heteroatoms. The average Bonchev–Trinajstić information content (AvgIpc) is 2.17. The lowest BCUT2D eigenvalue weighted by Gasteiger charge is -2.05. The van der Waals surface area contributed by atoms with E-state index >= 15 is 0 Å². The van der Waals surface area contributed by atoms with Gasteiger partial charge in [0.1, 0.15) is 5.75 Å². The van der Waals surface area contributed by atoms with Crippen molar-refractivity contribution in [3.8, 4) is 5.75 Å². The highest BCUT2D eigenvalue weighted by Gasteiger charge is 2.28. The zero-order chi connectivity index (χ0) is 12.2. The summed E-state index contributed by atoms with van der Waals surface area (Å²) in [6, 6.07) is 7.76. The first kappa shape index (κ1) is 12.4. The first-order valence-electron chi connectivity index (χ1n) is 4.03. The minimum Gasteiger partial charge on any atom is -0.410 e. The van der Waals surface area contributed by atoms with Crippen LogP contribution in [0.25, 0.3) is 0 Å². The Labute approximate surface area is 90.2 Å². The van der Waals surface area contributed by atoms with E-state index in [0.29, 0.717) is 0 Å². The van der Waals surface area contributed by atoms with Crippen LogP contribution in [-0.2, 0) is 4.57 Å². The lowest BCUT2D eigenvalue weighted by atomic mass is 10.3. The second kappa shape index (κ2) is 4.89. The minimum atomic E-state index is -4.97. The molecule has 2 amide bonds. The molecule has 0 atom stereocenters. The Morgan fingerprint density at radius 1 is 1.19 bits per heavy atom. The molecule has 0 unspecified atom stereocenters. The van der Waals surface area contributed by atoms with E-state index in [4.69, 9.17) is 9.79 Å². The van der Waals surface area contributed by atoms with E-state index in [2.05, 4.69) is 4.74 Å². The van der Waals surface area contributed by atoms with Crippen LogP contribution in [0, 0.1) is 0 Å². The Kier molecular flexibility index (Phi) is 3.78. The fourth-order valence-corrected chi connectivity index (χ4v) is 1.02. The molecule has 1 aromatic carbocycles. The molecule has 1 rings (SSSR count). The summed E-state index contributed by atoms with van der Waals surface area (Å²) in [5.41, 5.74) is -1.70. The molecule has 0 bridgehead atoms. The summed E-state index contributed by atoms with van der Waals surface area (Å²) < 4.78 is 15.0. The van der Waals surface area contributed by atoms with Crippen molar-refractivity contribution < 1.29 is 28.7 Å². The van der Waals surface area contributed by atoms with Crippen molar-refractivity contribution in [1.82, 2.24) is 5.32 Å². The number of ether oxygens (including phenoxy) is 1. The molecule has 1 aromatic rings. The smallest absolute Gasteiger partial charge is 0.410 e. The summed E-state index contributed by atoms with van der Waals surface area (Å²) in [6.07, 6.45) is -1.25. The molecule has 16 heavy (non-hydrogen) atoms. The topological polar surface area (TPSA) is 113 Å². The van der Waals surface area contributed by atoms with E-state index in [9.17, 15) is 14.2 Å². The van der Waals surface area contributed by atoms with E-state index in [1.807, 2.05) is 0 Å². The SMILES string of the molecule is O=C(NC(=O)P(=O)(O)O)Oc1ccccc1. The van der Waals surface area contributed by atoms with Gasteiger partial charge in [0, 0.05) is 0 Å². The van der Waals surface area contributed by atoms with Gasteiger partial charge in [0.05, 0.1) is 0 Å². The first-order valence-corrected chi connectivity index (χ1v) is 5.65. The molecule has 3 N–H and O–H groups in total.